The van der Waals surface area contributed by atoms with E-state index in [2.05, 4.69) is 15.5 Å². The van der Waals surface area contributed by atoms with Crippen LogP contribution in [0.5, 0.6) is 0 Å². The number of sulfonamides is 1. The molecule has 0 aliphatic rings. The SMILES string of the molecule is Cc1nn2c([N+](=O)[O-])c(C)[nH][n+]2c1C(=O)Nc1ccc(S(N)(=O)=O)cc1. The van der Waals surface area contributed by atoms with Crippen molar-refractivity contribution in [2.75, 3.05) is 5.32 Å². The van der Waals surface area contributed by atoms with Crippen LogP contribution in [0.4, 0.5) is 11.5 Å². The zero-order valence-electron chi connectivity index (χ0n) is 13.6. The minimum atomic E-state index is -3.84. The van der Waals surface area contributed by atoms with Crippen LogP contribution in [0.1, 0.15) is 21.9 Å². The quantitative estimate of drug-likeness (QED) is 0.318. The Morgan fingerprint density at radius 3 is 2.50 bits per heavy atom. The molecular weight excluding hydrogens is 366 g/mol. The second-order valence-electron chi connectivity index (χ2n) is 5.48. The van der Waals surface area contributed by atoms with Gasteiger partial charge in [-0.1, -0.05) is 0 Å². The molecule has 0 fully saturated rings. The van der Waals surface area contributed by atoms with E-state index in [1.54, 1.807) is 0 Å². The smallest absolute Gasteiger partial charge is 0.358 e. The molecule has 0 aliphatic carbocycles. The highest BCUT2D eigenvalue weighted by Crippen LogP contribution is 2.16. The van der Waals surface area contributed by atoms with Gasteiger partial charge in [-0.3, -0.25) is 4.79 Å². The number of nitro groups is 1. The highest BCUT2D eigenvalue weighted by atomic mass is 32.2. The molecule has 13 heteroatoms. The van der Waals surface area contributed by atoms with Gasteiger partial charge in [-0.15, -0.1) is 0 Å². The Kier molecular flexibility index (Phi) is 3.96. The van der Waals surface area contributed by atoms with Crippen molar-refractivity contribution in [1.82, 2.24) is 14.8 Å². The van der Waals surface area contributed by atoms with Gasteiger partial charge in [-0.25, -0.2) is 13.6 Å². The van der Waals surface area contributed by atoms with Crippen molar-refractivity contribution < 1.29 is 22.8 Å². The first-order valence-corrected chi connectivity index (χ1v) is 8.73. The van der Waals surface area contributed by atoms with E-state index in [0.717, 1.165) is 9.26 Å². The molecule has 0 bridgehead atoms. The fourth-order valence-corrected chi connectivity index (χ4v) is 2.99. The lowest BCUT2D eigenvalue weighted by atomic mass is 10.3. The van der Waals surface area contributed by atoms with Gasteiger partial charge in [-0.2, -0.15) is 5.10 Å². The number of nitrogens with zero attached hydrogens (tertiary/aromatic N) is 4. The molecule has 136 valence electrons. The number of carbonyl (C=O) groups is 1. The molecule has 1 amide bonds. The minimum Gasteiger partial charge on any atom is -0.358 e. The highest BCUT2D eigenvalue weighted by molar-refractivity contribution is 7.89. The first-order valence-electron chi connectivity index (χ1n) is 7.18. The molecule has 0 unspecified atom stereocenters. The van der Waals surface area contributed by atoms with Crippen LogP contribution >= 0.6 is 0 Å². The van der Waals surface area contributed by atoms with Gasteiger partial charge in [0.05, 0.1) is 4.90 Å². The van der Waals surface area contributed by atoms with Crippen LogP contribution in [-0.4, -0.2) is 34.1 Å². The Hall–Kier alpha value is -3.32. The highest BCUT2D eigenvalue weighted by Gasteiger charge is 2.37. The summed E-state index contributed by atoms with van der Waals surface area (Å²) >= 11 is 0. The summed E-state index contributed by atoms with van der Waals surface area (Å²) in [6.45, 7) is 3.02. The first-order chi connectivity index (χ1) is 12.1. The van der Waals surface area contributed by atoms with Gasteiger partial charge in [0, 0.05) is 17.2 Å². The Balaban J connectivity index is 1.97. The van der Waals surface area contributed by atoms with Crippen LogP contribution in [0, 0.1) is 24.0 Å². The number of benzene rings is 1. The number of aromatic amines is 1. The molecule has 1 aromatic carbocycles. The van der Waals surface area contributed by atoms with E-state index in [0.29, 0.717) is 5.69 Å². The van der Waals surface area contributed by atoms with Crippen molar-refractivity contribution >= 4 is 27.4 Å². The molecule has 0 spiro atoms. The van der Waals surface area contributed by atoms with Crippen molar-refractivity contribution in [3.05, 3.63) is 51.5 Å². The van der Waals surface area contributed by atoms with Gasteiger partial charge in [0.2, 0.25) is 10.0 Å². The van der Waals surface area contributed by atoms with Gasteiger partial charge >= 0.3 is 17.4 Å². The van der Waals surface area contributed by atoms with E-state index in [4.69, 9.17) is 5.14 Å². The van der Waals surface area contributed by atoms with E-state index >= 15 is 0 Å². The van der Waals surface area contributed by atoms with Crippen LogP contribution < -0.4 is 15.1 Å². The lowest BCUT2D eigenvalue weighted by Crippen LogP contribution is -2.37. The fraction of sp³-hybridized carbons (Fsp3) is 0.154. The zero-order chi connectivity index (χ0) is 19.2. The van der Waals surface area contributed by atoms with E-state index in [1.165, 1.54) is 38.1 Å². The predicted octanol–water partition coefficient (Wildman–Crippen LogP) is -0.327. The fourth-order valence-electron chi connectivity index (χ4n) is 2.48. The van der Waals surface area contributed by atoms with Crippen molar-refractivity contribution in [3.8, 4) is 0 Å². The Labute approximate surface area is 146 Å². The summed E-state index contributed by atoms with van der Waals surface area (Å²) in [7, 11) is -3.84. The number of aromatic nitrogens is 4. The third-order valence-electron chi connectivity index (χ3n) is 3.62. The van der Waals surface area contributed by atoms with E-state index in [1.807, 2.05) is 0 Å². The lowest BCUT2D eigenvalue weighted by molar-refractivity contribution is -0.682. The molecule has 26 heavy (non-hydrogen) atoms. The topological polar surface area (TPSA) is 170 Å². The van der Waals surface area contributed by atoms with Crippen molar-refractivity contribution in [2.45, 2.75) is 18.7 Å². The number of H-pyrrole nitrogens is 1. The summed E-state index contributed by atoms with van der Waals surface area (Å²) in [5.41, 5.74) is 0.883. The van der Waals surface area contributed by atoms with Gasteiger partial charge in [0.15, 0.2) is 10.3 Å². The van der Waals surface area contributed by atoms with Crippen molar-refractivity contribution in [2.24, 2.45) is 5.14 Å². The number of primary sulfonamides is 1. The van der Waals surface area contributed by atoms with E-state index < -0.39 is 20.9 Å². The van der Waals surface area contributed by atoms with Gasteiger partial charge in [-0.05, 0) is 36.1 Å². The molecule has 0 saturated heterocycles. The number of hydrogen-bond donors (Lipinski definition) is 3. The second-order valence-corrected chi connectivity index (χ2v) is 7.04. The minimum absolute atomic E-state index is 0.0664. The summed E-state index contributed by atoms with van der Waals surface area (Å²) in [6.07, 6.45) is 0. The molecule has 3 aromatic rings. The third kappa shape index (κ3) is 2.89. The predicted molar refractivity (Wildman–Crippen MR) is 87.1 cm³/mol. The number of nitrogens with one attached hydrogen (secondary N) is 2. The molecule has 3 rings (SSSR count). The van der Waals surface area contributed by atoms with Crippen LogP contribution in [0.15, 0.2) is 29.2 Å². The summed E-state index contributed by atoms with van der Waals surface area (Å²) in [6, 6.07) is 5.26. The van der Waals surface area contributed by atoms with E-state index in [-0.39, 0.29) is 27.8 Å². The molecule has 4 N–H and O–H groups in total. The molecule has 0 aliphatic heterocycles. The van der Waals surface area contributed by atoms with Crippen LogP contribution in [-0.2, 0) is 10.0 Å². The average molecular weight is 380 g/mol. The maximum absolute atomic E-state index is 12.6. The largest absolute Gasteiger partial charge is 0.436 e. The van der Waals surface area contributed by atoms with Crippen LogP contribution in [0.25, 0.3) is 0 Å². The summed E-state index contributed by atoms with van der Waals surface area (Å²) < 4.78 is 24.7. The van der Waals surface area contributed by atoms with Gasteiger partial charge in [0.1, 0.15) is 5.10 Å². The molecule has 2 aromatic heterocycles. The zero-order valence-corrected chi connectivity index (χ0v) is 14.4. The second kappa shape index (κ2) is 5.89. The van der Waals surface area contributed by atoms with Crippen molar-refractivity contribution in [3.63, 3.8) is 0 Å². The van der Waals surface area contributed by atoms with Gasteiger partial charge in [0.25, 0.3) is 5.69 Å². The van der Waals surface area contributed by atoms with Gasteiger partial charge < -0.3 is 15.4 Å². The Morgan fingerprint density at radius 2 is 1.96 bits per heavy atom. The number of fused-ring (bicyclic) bond motifs is 1. The third-order valence-corrected chi connectivity index (χ3v) is 4.55. The Bertz CT molecular complexity index is 1140. The first kappa shape index (κ1) is 17.5. The summed E-state index contributed by atoms with van der Waals surface area (Å²) in [4.78, 5) is 23.0. The lowest BCUT2D eigenvalue weighted by Gasteiger charge is -2.03. The number of aryl methyl sites for hydroxylation is 2. The molecule has 12 nitrogen and oxygen atoms in total. The number of anilines is 1. The monoisotopic (exact) mass is 380 g/mol. The van der Waals surface area contributed by atoms with Crippen molar-refractivity contribution in [1.29, 1.82) is 0 Å². The number of rotatable bonds is 4. The maximum atomic E-state index is 12.6. The summed E-state index contributed by atoms with van der Waals surface area (Å²) in [5.74, 6) is -0.869. The molecule has 0 saturated carbocycles. The molecule has 2 heterocycles. The van der Waals surface area contributed by atoms with Crippen LogP contribution in [0.3, 0.4) is 0 Å². The maximum Gasteiger partial charge on any atom is 0.436 e. The van der Waals surface area contributed by atoms with Crippen LogP contribution in [0.2, 0.25) is 0 Å². The molecule has 0 atom stereocenters. The number of hydrogen-bond acceptors (Lipinski definition) is 6. The molecule has 0 radical (unpaired) electrons. The number of nitrogens with two attached hydrogens (primary N) is 1. The number of amides is 1. The standard InChI is InChI=1S/C13H13N7O5S/c1-7-11(18-17-8(2)13(20(22)23)19(18)16-7)12(21)15-9-3-5-10(6-4-9)26(14,24)25/h3-6H,1-2H3,(H3-,14,15,16,17,21,24,25)/p+1. The van der Waals surface area contributed by atoms with E-state index in [9.17, 15) is 23.3 Å². The molecular formula is C13H14N7O5S+. The Morgan fingerprint density at radius 1 is 1.35 bits per heavy atom. The number of carbonyl (C=O) groups excluding carboxylic acids is 1. The average Bonchev–Trinajstić information content (AvgIpc) is 2.98. The normalized spacial score (nSPS) is 11.7. The summed E-state index contributed by atoms with van der Waals surface area (Å²) in [5, 5.41) is 25.5.